The van der Waals surface area contributed by atoms with E-state index in [2.05, 4.69) is 10.3 Å². The van der Waals surface area contributed by atoms with Crippen molar-refractivity contribution < 1.29 is 9.53 Å². The molecule has 0 unspecified atom stereocenters. The maximum atomic E-state index is 12.9. The molecule has 0 atom stereocenters. The molecule has 0 spiro atoms. The summed E-state index contributed by atoms with van der Waals surface area (Å²) in [6, 6.07) is 20.4. The molecule has 0 radical (unpaired) electrons. The van der Waals surface area contributed by atoms with Crippen molar-refractivity contribution in [2.75, 3.05) is 5.32 Å². The lowest BCUT2D eigenvalue weighted by Crippen LogP contribution is -2.42. The van der Waals surface area contributed by atoms with Gasteiger partial charge in [0.25, 0.3) is 5.91 Å². The number of fused-ring (bicyclic) bond motifs is 1. The summed E-state index contributed by atoms with van der Waals surface area (Å²) in [5.74, 6) is 0.279. The molecule has 3 aromatic carbocycles. The fourth-order valence-corrected chi connectivity index (χ4v) is 4.47. The highest BCUT2D eigenvalue weighted by Crippen LogP contribution is 2.39. The number of benzene rings is 3. The number of hydrogen-bond acceptors (Lipinski definition) is 4. The van der Waals surface area contributed by atoms with Crippen LogP contribution in [0.5, 0.6) is 5.75 Å². The van der Waals surface area contributed by atoms with Gasteiger partial charge in [-0.1, -0.05) is 53.5 Å². The number of anilines is 1. The third kappa shape index (κ3) is 4.29. The van der Waals surface area contributed by atoms with Crippen LogP contribution in [0.3, 0.4) is 0 Å². The molecule has 1 aromatic heterocycles. The molecule has 7 heteroatoms. The van der Waals surface area contributed by atoms with E-state index in [4.69, 9.17) is 27.9 Å². The fourth-order valence-electron chi connectivity index (χ4n) is 2.90. The summed E-state index contributed by atoms with van der Waals surface area (Å²) in [5.41, 5.74) is 0.941. The third-order valence-electron chi connectivity index (χ3n) is 4.49. The number of halogens is 2. The van der Waals surface area contributed by atoms with Gasteiger partial charge in [-0.3, -0.25) is 4.79 Å². The van der Waals surface area contributed by atoms with Gasteiger partial charge in [0.15, 0.2) is 5.60 Å². The first-order chi connectivity index (χ1) is 14.3. The van der Waals surface area contributed by atoms with Crippen molar-refractivity contribution in [2.45, 2.75) is 19.4 Å². The van der Waals surface area contributed by atoms with E-state index in [1.165, 1.54) is 11.3 Å². The molecule has 0 aliphatic carbocycles. The van der Waals surface area contributed by atoms with Crippen LogP contribution in [0, 0.1) is 0 Å². The lowest BCUT2D eigenvalue weighted by molar-refractivity contribution is -0.128. The molecular weight excluding hydrogens is 439 g/mol. The number of carbonyl (C=O) groups is 1. The Balaban J connectivity index is 1.62. The van der Waals surface area contributed by atoms with Gasteiger partial charge in [0.1, 0.15) is 10.8 Å². The van der Waals surface area contributed by atoms with Crippen molar-refractivity contribution >= 4 is 56.3 Å². The first-order valence-electron chi connectivity index (χ1n) is 9.24. The van der Waals surface area contributed by atoms with E-state index in [1.54, 1.807) is 38.1 Å². The van der Waals surface area contributed by atoms with Crippen LogP contribution in [0.1, 0.15) is 13.8 Å². The number of hydrogen-bond donors (Lipinski definition) is 1. The Hall–Kier alpha value is -2.60. The largest absolute Gasteiger partial charge is 0.478 e. The molecule has 0 aliphatic rings. The summed E-state index contributed by atoms with van der Waals surface area (Å²) in [6.45, 7) is 3.40. The van der Waals surface area contributed by atoms with Gasteiger partial charge in [0.2, 0.25) is 0 Å². The van der Waals surface area contributed by atoms with Gasteiger partial charge in [0.05, 0.1) is 25.9 Å². The number of amides is 1. The van der Waals surface area contributed by atoms with E-state index < -0.39 is 5.60 Å². The lowest BCUT2D eigenvalue weighted by atomic mass is 10.1. The number of thiazole rings is 1. The summed E-state index contributed by atoms with van der Waals surface area (Å²) in [4.78, 5) is 17.6. The summed E-state index contributed by atoms with van der Waals surface area (Å²) in [7, 11) is 0. The molecule has 30 heavy (non-hydrogen) atoms. The standard InChI is InChI=1S/C23H18Cl2N2O2S/c1-23(2,29-14-8-4-3-5-9-14)22(28)27-19-12-15(16(24)13-17(19)25)21-26-18-10-6-7-11-20(18)30-21/h3-13H,1-2H3,(H,27,28). The topological polar surface area (TPSA) is 51.2 Å². The minimum atomic E-state index is -1.11. The normalized spacial score (nSPS) is 11.5. The highest BCUT2D eigenvalue weighted by molar-refractivity contribution is 7.21. The third-order valence-corrected chi connectivity index (χ3v) is 6.19. The van der Waals surface area contributed by atoms with Crippen LogP contribution >= 0.6 is 34.5 Å². The molecule has 0 aliphatic heterocycles. The van der Waals surface area contributed by atoms with E-state index in [1.807, 2.05) is 42.5 Å². The minimum Gasteiger partial charge on any atom is -0.478 e. The maximum absolute atomic E-state index is 12.9. The number of nitrogens with zero attached hydrogens (tertiary/aromatic N) is 1. The van der Waals surface area contributed by atoms with Crippen LogP contribution in [0.25, 0.3) is 20.8 Å². The number of carbonyl (C=O) groups excluding carboxylic acids is 1. The van der Waals surface area contributed by atoms with E-state index in [-0.39, 0.29) is 5.91 Å². The van der Waals surface area contributed by atoms with Gasteiger partial charge in [-0.2, -0.15) is 0 Å². The highest BCUT2D eigenvalue weighted by Gasteiger charge is 2.30. The predicted octanol–water partition coefficient (Wildman–Crippen LogP) is 7.07. The molecule has 4 aromatic rings. The second-order valence-electron chi connectivity index (χ2n) is 7.18. The Morgan fingerprint density at radius 2 is 1.70 bits per heavy atom. The van der Waals surface area contributed by atoms with Gasteiger partial charge in [-0.05, 0) is 50.2 Å². The highest BCUT2D eigenvalue weighted by atomic mass is 35.5. The van der Waals surface area contributed by atoms with Crippen molar-refractivity contribution in [3.05, 3.63) is 76.8 Å². The number of nitrogens with one attached hydrogen (secondary N) is 1. The molecule has 152 valence electrons. The quantitative estimate of drug-likeness (QED) is 0.349. The number of para-hydroxylation sites is 2. The SMILES string of the molecule is CC(C)(Oc1ccccc1)C(=O)Nc1cc(-c2nc3ccccc3s2)c(Cl)cc1Cl. The zero-order valence-corrected chi connectivity index (χ0v) is 18.6. The van der Waals surface area contributed by atoms with Crippen molar-refractivity contribution in [1.29, 1.82) is 0 Å². The Morgan fingerprint density at radius 3 is 2.43 bits per heavy atom. The van der Waals surface area contributed by atoms with E-state index in [0.717, 1.165) is 15.2 Å². The maximum Gasteiger partial charge on any atom is 0.268 e. The van der Waals surface area contributed by atoms with Crippen LogP contribution < -0.4 is 10.1 Å². The van der Waals surface area contributed by atoms with E-state index in [9.17, 15) is 4.79 Å². The first-order valence-corrected chi connectivity index (χ1v) is 10.8. The summed E-state index contributed by atoms with van der Waals surface area (Å²) < 4.78 is 6.92. The van der Waals surface area contributed by atoms with Gasteiger partial charge in [-0.15, -0.1) is 11.3 Å². The molecule has 4 nitrogen and oxygen atoms in total. The second kappa shape index (κ2) is 8.26. The Kier molecular flexibility index (Phi) is 5.69. The van der Waals surface area contributed by atoms with Crippen molar-refractivity contribution in [1.82, 2.24) is 4.98 Å². The second-order valence-corrected chi connectivity index (χ2v) is 9.02. The van der Waals surface area contributed by atoms with E-state index >= 15 is 0 Å². The molecular formula is C23H18Cl2N2O2S. The molecule has 0 saturated heterocycles. The smallest absolute Gasteiger partial charge is 0.268 e. The van der Waals surface area contributed by atoms with Crippen LogP contribution in [0.15, 0.2) is 66.7 Å². The Bertz CT molecular complexity index is 1190. The Morgan fingerprint density at radius 1 is 1.00 bits per heavy atom. The number of ether oxygens (including phenoxy) is 1. The summed E-state index contributed by atoms with van der Waals surface area (Å²) in [6.07, 6.45) is 0. The number of rotatable bonds is 5. The summed E-state index contributed by atoms with van der Waals surface area (Å²) >= 11 is 14.3. The van der Waals surface area contributed by atoms with Crippen molar-refractivity contribution in [2.24, 2.45) is 0 Å². The van der Waals surface area contributed by atoms with E-state index in [0.29, 0.717) is 27.0 Å². The summed E-state index contributed by atoms with van der Waals surface area (Å²) in [5, 5.41) is 4.43. The van der Waals surface area contributed by atoms with Crippen molar-refractivity contribution in [3.8, 4) is 16.3 Å². The molecule has 0 saturated carbocycles. The van der Waals surface area contributed by atoms with Crippen LogP contribution in [0.4, 0.5) is 5.69 Å². The predicted molar refractivity (Wildman–Crippen MR) is 125 cm³/mol. The average molecular weight is 457 g/mol. The molecule has 1 N–H and O–H groups in total. The minimum absolute atomic E-state index is 0.328. The zero-order chi connectivity index (χ0) is 21.3. The Labute approximate surface area is 188 Å². The molecule has 1 amide bonds. The lowest BCUT2D eigenvalue weighted by Gasteiger charge is -2.25. The fraction of sp³-hybridized carbons (Fsp3) is 0.130. The van der Waals surface area contributed by atoms with Crippen molar-refractivity contribution in [3.63, 3.8) is 0 Å². The molecule has 0 fully saturated rings. The average Bonchev–Trinajstić information content (AvgIpc) is 3.14. The van der Waals surface area contributed by atoms with Gasteiger partial charge < -0.3 is 10.1 Å². The van der Waals surface area contributed by atoms with Gasteiger partial charge in [-0.25, -0.2) is 4.98 Å². The van der Waals surface area contributed by atoms with Gasteiger partial charge >= 0.3 is 0 Å². The number of aromatic nitrogens is 1. The van der Waals surface area contributed by atoms with Gasteiger partial charge in [0, 0.05) is 5.56 Å². The van der Waals surface area contributed by atoms with Crippen LogP contribution in [0.2, 0.25) is 10.0 Å². The zero-order valence-electron chi connectivity index (χ0n) is 16.3. The van der Waals surface area contributed by atoms with Crippen LogP contribution in [-0.4, -0.2) is 16.5 Å². The monoisotopic (exact) mass is 456 g/mol. The molecule has 4 rings (SSSR count). The molecule has 1 heterocycles. The molecule has 0 bridgehead atoms. The van der Waals surface area contributed by atoms with Crippen LogP contribution in [-0.2, 0) is 4.79 Å². The first kappa shape index (κ1) is 20.7.